The monoisotopic (exact) mass is 361 g/mol. The summed E-state index contributed by atoms with van der Waals surface area (Å²) in [5.74, 6) is -4.62. The molecule has 0 aromatic heterocycles. The Morgan fingerprint density at radius 1 is 1.30 bits per heavy atom. The average molecular weight is 362 g/mol. The van der Waals surface area contributed by atoms with Crippen LogP contribution < -0.4 is 5.73 Å². The van der Waals surface area contributed by atoms with Gasteiger partial charge >= 0.3 is 12.3 Å². The Hall–Kier alpha value is -0.730. The van der Waals surface area contributed by atoms with E-state index in [0.717, 1.165) is 0 Å². The summed E-state index contributed by atoms with van der Waals surface area (Å²) in [5.41, 5.74) is 6.31. The number of rotatable bonds is 7. The van der Waals surface area contributed by atoms with Gasteiger partial charge in [0.2, 0.25) is 0 Å². The van der Waals surface area contributed by atoms with Gasteiger partial charge in [-0.1, -0.05) is 6.07 Å². The summed E-state index contributed by atoms with van der Waals surface area (Å²) >= 11 is 3.00. The molecule has 1 aromatic carbocycles. The van der Waals surface area contributed by atoms with Crippen molar-refractivity contribution in [3.05, 3.63) is 34.1 Å². The molecular weight excluding hydrogens is 349 g/mol. The van der Waals surface area contributed by atoms with E-state index in [1.54, 1.807) is 0 Å². The topological polar surface area (TPSA) is 35.2 Å². The molecule has 0 radical (unpaired) electrons. The van der Waals surface area contributed by atoms with Crippen LogP contribution in [0.2, 0.25) is 0 Å². The molecule has 0 fully saturated rings. The van der Waals surface area contributed by atoms with Crippen molar-refractivity contribution in [1.29, 1.82) is 0 Å². The Labute approximate surface area is 121 Å². The van der Waals surface area contributed by atoms with Crippen molar-refractivity contribution in [3.8, 4) is 0 Å². The molecule has 20 heavy (non-hydrogen) atoms. The molecule has 0 saturated carbocycles. The normalized spacial score (nSPS) is 13.8. The van der Waals surface area contributed by atoms with Gasteiger partial charge in [-0.3, -0.25) is 0 Å². The summed E-state index contributed by atoms with van der Waals surface area (Å²) in [6.45, 7) is -1.68. The second-order valence-electron chi connectivity index (χ2n) is 4.29. The Morgan fingerprint density at radius 2 is 1.95 bits per heavy atom. The number of halogens is 6. The van der Waals surface area contributed by atoms with Gasteiger partial charge < -0.3 is 10.5 Å². The fourth-order valence-corrected chi connectivity index (χ4v) is 1.86. The first-order chi connectivity index (χ1) is 9.22. The minimum absolute atomic E-state index is 0.249. The van der Waals surface area contributed by atoms with E-state index in [1.807, 2.05) is 0 Å². The largest absolute Gasteiger partial charge is 0.373 e. The third-order valence-corrected chi connectivity index (χ3v) is 3.04. The quantitative estimate of drug-likeness (QED) is 0.755. The van der Waals surface area contributed by atoms with Gasteiger partial charge in [-0.05, 0) is 40.0 Å². The maximum atomic E-state index is 13.0. The van der Waals surface area contributed by atoms with Crippen molar-refractivity contribution in [1.82, 2.24) is 0 Å². The second kappa shape index (κ2) is 7.33. The van der Waals surface area contributed by atoms with Crippen LogP contribution in [0.25, 0.3) is 0 Å². The second-order valence-corrected chi connectivity index (χ2v) is 5.14. The van der Waals surface area contributed by atoms with Crippen LogP contribution in [0, 0.1) is 5.82 Å². The fourth-order valence-electron chi connectivity index (χ4n) is 1.44. The van der Waals surface area contributed by atoms with Crippen LogP contribution >= 0.6 is 15.9 Å². The highest BCUT2D eigenvalue weighted by atomic mass is 79.9. The lowest BCUT2D eigenvalue weighted by Crippen LogP contribution is -2.36. The Balaban J connectivity index is 2.40. The van der Waals surface area contributed by atoms with Crippen LogP contribution in [0.15, 0.2) is 22.7 Å². The van der Waals surface area contributed by atoms with Crippen molar-refractivity contribution < 1.29 is 26.7 Å². The van der Waals surface area contributed by atoms with E-state index >= 15 is 0 Å². The van der Waals surface area contributed by atoms with E-state index in [1.165, 1.54) is 18.2 Å². The van der Waals surface area contributed by atoms with Crippen LogP contribution in [-0.2, 0) is 11.2 Å². The molecule has 2 nitrogen and oxygen atoms in total. The molecule has 0 amide bonds. The van der Waals surface area contributed by atoms with E-state index in [0.29, 0.717) is 5.56 Å². The van der Waals surface area contributed by atoms with Gasteiger partial charge in [0.15, 0.2) is 0 Å². The Morgan fingerprint density at radius 3 is 2.50 bits per heavy atom. The van der Waals surface area contributed by atoms with Gasteiger partial charge in [0.1, 0.15) is 12.4 Å². The van der Waals surface area contributed by atoms with Crippen LogP contribution in [-0.4, -0.2) is 31.6 Å². The third-order valence-electron chi connectivity index (χ3n) is 2.43. The van der Waals surface area contributed by atoms with E-state index < -0.39 is 30.8 Å². The zero-order chi connectivity index (χ0) is 15.3. The summed E-state index contributed by atoms with van der Waals surface area (Å²) in [6, 6.07) is 3.58. The van der Waals surface area contributed by atoms with Crippen molar-refractivity contribution in [2.24, 2.45) is 5.73 Å². The van der Waals surface area contributed by atoms with Crippen LogP contribution in [0.4, 0.5) is 22.0 Å². The number of hydrogen-bond acceptors (Lipinski definition) is 2. The van der Waals surface area contributed by atoms with Crippen LogP contribution in [0.1, 0.15) is 5.56 Å². The van der Waals surface area contributed by atoms with Gasteiger partial charge in [-0.25, -0.2) is 13.2 Å². The zero-order valence-corrected chi connectivity index (χ0v) is 11.8. The first-order valence-electron chi connectivity index (χ1n) is 5.65. The zero-order valence-electron chi connectivity index (χ0n) is 10.3. The molecule has 2 N–H and O–H groups in total. The maximum absolute atomic E-state index is 13.0. The van der Waals surface area contributed by atoms with Crippen LogP contribution in [0.5, 0.6) is 0 Å². The lowest BCUT2D eigenvalue weighted by molar-refractivity contribution is -0.166. The molecule has 0 spiro atoms. The van der Waals surface area contributed by atoms with Crippen LogP contribution in [0.3, 0.4) is 0 Å². The predicted molar refractivity (Wildman–Crippen MR) is 67.5 cm³/mol. The SMILES string of the molecule is NC(COCC(F)(F)C(F)F)Cc1ccc(F)c(Br)c1. The summed E-state index contributed by atoms with van der Waals surface area (Å²) in [4.78, 5) is 0. The number of ether oxygens (including phenoxy) is 1. The van der Waals surface area contributed by atoms with E-state index in [9.17, 15) is 22.0 Å². The Kier molecular flexibility index (Phi) is 6.35. The smallest absolute Gasteiger partial charge is 0.330 e. The molecule has 0 saturated heterocycles. The molecule has 0 heterocycles. The predicted octanol–water partition coefficient (Wildman–Crippen LogP) is 3.38. The number of benzene rings is 1. The number of hydrogen-bond donors (Lipinski definition) is 1. The summed E-state index contributed by atoms with van der Waals surface area (Å²) in [6.07, 6.45) is -3.52. The summed E-state index contributed by atoms with van der Waals surface area (Å²) < 4.78 is 66.6. The molecule has 1 rings (SSSR count). The molecule has 0 aliphatic carbocycles. The van der Waals surface area contributed by atoms with Crippen molar-refractivity contribution in [3.63, 3.8) is 0 Å². The molecule has 1 atom stereocenters. The van der Waals surface area contributed by atoms with Gasteiger partial charge in [0.25, 0.3) is 0 Å². The number of alkyl halides is 4. The number of nitrogens with two attached hydrogens (primary N) is 1. The van der Waals surface area contributed by atoms with E-state index in [2.05, 4.69) is 20.7 Å². The van der Waals surface area contributed by atoms with Gasteiger partial charge in [0.05, 0.1) is 11.1 Å². The minimum atomic E-state index is -4.18. The minimum Gasteiger partial charge on any atom is -0.373 e. The molecule has 114 valence electrons. The lowest BCUT2D eigenvalue weighted by atomic mass is 10.1. The van der Waals surface area contributed by atoms with E-state index in [-0.39, 0.29) is 17.5 Å². The van der Waals surface area contributed by atoms with Crippen molar-refractivity contribution >= 4 is 15.9 Å². The molecule has 0 aliphatic heterocycles. The average Bonchev–Trinajstić information content (AvgIpc) is 2.33. The molecule has 1 aromatic rings. The van der Waals surface area contributed by atoms with Gasteiger partial charge in [-0.2, -0.15) is 8.78 Å². The van der Waals surface area contributed by atoms with Gasteiger partial charge in [0, 0.05) is 6.04 Å². The molecule has 1 unspecified atom stereocenters. The maximum Gasteiger partial charge on any atom is 0.330 e. The Bertz CT molecular complexity index is 444. The third kappa shape index (κ3) is 5.34. The molecular formula is C12H13BrF5NO. The lowest BCUT2D eigenvalue weighted by Gasteiger charge is -2.17. The van der Waals surface area contributed by atoms with Crippen molar-refractivity contribution in [2.75, 3.05) is 13.2 Å². The fraction of sp³-hybridized carbons (Fsp3) is 0.500. The molecule has 0 aliphatic rings. The summed E-state index contributed by atoms with van der Waals surface area (Å²) in [7, 11) is 0. The first kappa shape index (κ1) is 17.3. The highest BCUT2D eigenvalue weighted by Gasteiger charge is 2.41. The van der Waals surface area contributed by atoms with E-state index in [4.69, 9.17) is 5.73 Å². The van der Waals surface area contributed by atoms with Gasteiger partial charge in [-0.15, -0.1) is 0 Å². The molecule has 0 bridgehead atoms. The summed E-state index contributed by atoms with van der Waals surface area (Å²) in [5, 5.41) is 0. The first-order valence-corrected chi connectivity index (χ1v) is 6.45. The van der Waals surface area contributed by atoms with Crippen molar-refractivity contribution in [2.45, 2.75) is 24.8 Å². The standard InChI is InChI=1S/C12H13BrF5NO/c13-9-4-7(1-2-10(9)14)3-8(19)5-20-6-12(17,18)11(15)16/h1-2,4,8,11H,3,5-6,19H2. The highest BCUT2D eigenvalue weighted by molar-refractivity contribution is 9.10. The molecule has 8 heteroatoms. The highest BCUT2D eigenvalue weighted by Crippen LogP contribution is 2.23.